The van der Waals surface area contributed by atoms with E-state index >= 15 is 0 Å². The van der Waals surface area contributed by atoms with E-state index in [1.165, 1.54) is 0 Å². The van der Waals surface area contributed by atoms with E-state index in [1.807, 2.05) is 24.3 Å². The second kappa shape index (κ2) is 12.0. The monoisotopic (exact) mass is 522 g/mol. The van der Waals surface area contributed by atoms with Gasteiger partial charge in [-0.05, 0) is 41.3 Å². The van der Waals surface area contributed by atoms with E-state index < -0.39 is 36.3 Å². The van der Waals surface area contributed by atoms with Crippen molar-refractivity contribution in [2.45, 2.75) is 55.6 Å². The quantitative estimate of drug-likeness (QED) is 0.242. The lowest BCUT2D eigenvalue weighted by molar-refractivity contribution is -0.328. The van der Waals surface area contributed by atoms with Gasteiger partial charge >= 0.3 is 0 Å². The predicted octanol–water partition coefficient (Wildman–Crippen LogP) is 1.55. The number of carbonyl (C=O) groups is 1. The van der Waals surface area contributed by atoms with E-state index in [0.717, 1.165) is 23.2 Å². The summed E-state index contributed by atoms with van der Waals surface area (Å²) in [4.78, 5) is 10.3. The van der Waals surface area contributed by atoms with E-state index in [4.69, 9.17) is 30.5 Å². The molecule has 2 bridgehead atoms. The van der Waals surface area contributed by atoms with Crippen molar-refractivity contribution >= 4 is 17.9 Å². The number of fused-ring (bicyclic) bond motifs is 2. The van der Waals surface area contributed by atoms with Crippen LogP contribution < -0.4 is 4.74 Å². The number of carbonyl (C=O) groups excluding carboxylic acids is 1. The van der Waals surface area contributed by atoms with E-state index in [2.05, 4.69) is 0 Å². The van der Waals surface area contributed by atoms with Crippen molar-refractivity contribution in [2.75, 3.05) is 26.4 Å². The molecule has 2 aliphatic heterocycles. The number of aldehydes is 1. The maximum Gasteiger partial charge on any atom is 0.228 e. The molecule has 0 aliphatic carbocycles. The smallest absolute Gasteiger partial charge is 0.228 e. The Bertz CT molecular complexity index is 1020. The molecular formula is C26H31ClO9. The molecular weight excluding hydrogens is 492 g/mol. The fourth-order valence-corrected chi connectivity index (χ4v) is 4.62. The van der Waals surface area contributed by atoms with Crippen molar-refractivity contribution in [1.29, 1.82) is 0 Å². The Labute approximate surface area is 214 Å². The van der Waals surface area contributed by atoms with E-state index in [0.29, 0.717) is 49.7 Å². The van der Waals surface area contributed by atoms with Crippen LogP contribution in [0.3, 0.4) is 0 Å². The molecule has 0 saturated carbocycles. The molecule has 2 saturated heterocycles. The highest BCUT2D eigenvalue weighted by Gasteiger charge is 2.62. The van der Waals surface area contributed by atoms with Crippen molar-refractivity contribution < 1.29 is 44.2 Å². The molecule has 0 spiro atoms. The Morgan fingerprint density at radius 2 is 1.86 bits per heavy atom. The molecule has 36 heavy (non-hydrogen) atoms. The largest absolute Gasteiger partial charge is 0.494 e. The third-order valence-corrected chi connectivity index (χ3v) is 6.81. The van der Waals surface area contributed by atoms with Crippen LogP contribution in [0.4, 0.5) is 0 Å². The molecule has 2 aliphatic rings. The Morgan fingerprint density at radius 3 is 2.61 bits per heavy atom. The van der Waals surface area contributed by atoms with Gasteiger partial charge in [-0.25, -0.2) is 0 Å². The molecule has 0 amide bonds. The maximum absolute atomic E-state index is 11.1. The molecule has 4 rings (SSSR count). The lowest BCUT2D eigenvalue weighted by Gasteiger charge is -2.43. The van der Waals surface area contributed by atoms with Gasteiger partial charge in [-0.1, -0.05) is 35.9 Å². The molecule has 2 aromatic rings. The van der Waals surface area contributed by atoms with Crippen molar-refractivity contribution in [2.24, 2.45) is 0 Å². The minimum atomic E-state index is -1.88. The lowest BCUT2D eigenvalue weighted by atomic mass is 9.87. The van der Waals surface area contributed by atoms with Crippen molar-refractivity contribution in [1.82, 2.24) is 0 Å². The van der Waals surface area contributed by atoms with Crippen LogP contribution in [-0.4, -0.2) is 83.3 Å². The molecule has 0 radical (unpaired) electrons. The van der Waals surface area contributed by atoms with Crippen LogP contribution in [0.1, 0.15) is 35.6 Å². The maximum atomic E-state index is 11.1. The first kappa shape index (κ1) is 27.0. The molecule has 196 valence electrons. The van der Waals surface area contributed by atoms with Crippen LogP contribution in [0, 0.1) is 0 Å². The minimum absolute atomic E-state index is 0.0611. The fraction of sp³-hybridized carbons (Fsp3) is 0.500. The second-order valence-corrected chi connectivity index (χ2v) is 9.37. The first-order valence-electron chi connectivity index (χ1n) is 11.9. The summed E-state index contributed by atoms with van der Waals surface area (Å²) in [6.07, 6.45) is -4.32. The molecule has 2 fully saturated rings. The summed E-state index contributed by atoms with van der Waals surface area (Å²) in [6, 6.07) is 12.5. The summed E-state index contributed by atoms with van der Waals surface area (Å²) in [5.41, 5.74) is 2.11. The molecule has 9 nitrogen and oxygen atoms in total. The average molecular weight is 523 g/mol. The van der Waals surface area contributed by atoms with Gasteiger partial charge in [-0.3, -0.25) is 0 Å². The van der Waals surface area contributed by atoms with Crippen molar-refractivity contribution in [3.05, 3.63) is 64.2 Å². The highest BCUT2D eigenvalue weighted by atomic mass is 35.5. The predicted molar refractivity (Wildman–Crippen MR) is 129 cm³/mol. The molecule has 1 unspecified atom stereocenters. The molecule has 2 aromatic carbocycles. The number of hydrogen-bond acceptors (Lipinski definition) is 9. The van der Waals surface area contributed by atoms with Crippen LogP contribution in [0.15, 0.2) is 42.5 Å². The van der Waals surface area contributed by atoms with Crippen LogP contribution in [0.25, 0.3) is 0 Å². The van der Waals surface area contributed by atoms with Crippen LogP contribution in [0.5, 0.6) is 5.75 Å². The first-order valence-corrected chi connectivity index (χ1v) is 12.3. The highest BCUT2D eigenvalue weighted by Crippen LogP contribution is 2.45. The SMILES string of the molecule is O=CCCOCCCOc1ccc(Cc2cc(C(O)[C@]34OC[C@H](O3)[C@@H](O)[C@H](O)[C@H]4O)ccc2Cl)cc1. The van der Waals surface area contributed by atoms with Gasteiger partial charge in [0.2, 0.25) is 5.79 Å². The molecule has 10 heteroatoms. The number of aliphatic hydroxyl groups is 4. The van der Waals surface area contributed by atoms with Gasteiger partial charge < -0.3 is 44.2 Å². The van der Waals surface area contributed by atoms with Crippen LogP contribution in [-0.2, 0) is 25.4 Å². The summed E-state index contributed by atoms with van der Waals surface area (Å²) < 4.78 is 22.3. The van der Waals surface area contributed by atoms with Crippen molar-refractivity contribution in [3.8, 4) is 5.75 Å². The summed E-state index contributed by atoms with van der Waals surface area (Å²) >= 11 is 6.42. The van der Waals surface area contributed by atoms with Gasteiger partial charge in [0.05, 0.1) is 19.8 Å². The van der Waals surface area contributed by atoms with Gasteiger partial charge in [0.1, 0.15) is 42.6 Å². The number of halogens is 1. The van der Waals surface area contributed by atoms with Gasteiger partial charge in [0.25, 0.3) is 0 Å². The zero-order chi connectivity index (χ0) is 25.7. The number of hydrogen-bond donors (Lipinski definition) is 4. The molecule has 6 atom stereocenters. The van der Waals surface area contributed by atoms with E-state index in [1.54, 1.807) is 18.2 Å². The number of benzene rings is 2. The lowest BCUT2D eigenvalue weighted by Crippen LogP contribution is -2.62. The third-order valence-electron chi connectivity index (χ3n) is 6.44. The topological polar surface area (TPSA) is 135 Å². The van der Waals surface area contributed by atoms with Gasteiger partial charge in [0, 0.05) is 24.5 Å². The highest BCUT2D eigenvalue weighted by molar-refractivity contribution is 6.31. The van der Waals surface area contributed by atoms with E-state index in [-0.39, 0.29) is 6.61 Å². The third kappa shape index (κ3) is 5.74. The molecule has 0 aromatic heterocycles. The Hall–Kier alpha value is -2.08. The minimum Gasteiger partial charge on any atom is -0.494 e. The zero-order valence-corrected chi connectivity index (χ0v) is 20.4. The molecule has 2 heterocycles. The number of rotatable bonds is 12. The van der Waals surface area contributed by atoms with Gasteiger partial charge in [-0.2, -0.15) is 0 Å². The second-order valence-electron chi connectivity index (χ2n) is 8.96. The molecule has 4 N–H and O–H groups in total. The van der Waals surface area contributed by atoms with Gasteiger partial charge in [-0.15, -0.1) is 0 Å². The van der Waals surface area contributed by atoms with E-state index in [9.17, 15) is 25.2 Å². The van der Waals surface area contributed by atoms with Crippen LogP contribution >= 0.6 is 11.6 Å². The summed E-state index contributed by atoms with van der Waals surface area (Å²) in [5, 5.41) is 42.4. The number of aliphatic hydroxyl groups excluding tert-OH is 4. The summed E-state index contributed by atoms with van der Waals surface area (Å²) in [6.45, 7) is 1.39. The van der Waals surface area contributed by atoms with Crippen LogP contribution in [0.2, 0.25) is 5.02 Å². The summed E-state index contributed by atoms with van der Waals surface area (Å²) in [5.74, 6) is -1.16. The first-order chi connectivity index (χ1) is 17.4. The summed E-state index contributed by atoms with van der Waals surface area (Å²) in [7, 11) is 0. The van der Waals surface area contributed by atoms with Gasteiger partial charge in [0.15, 0.2) is 0 Å². The Kier molecular flexibility index (Phi) is 8.97. The zero-order valence-electron chi connectivity index (χ0n) is 19.7. The number of ether oxygens (including phenoxy) is 4. The standard InChI is InChI=1S/C26H31ClO9/c27-20-8-5-17(24(31)26-25(32)23(30)22(29)21(36-26)15-35-26)14-18(20)13-16-3-6-19(7-4-16)34-12-2-11-33-10-1-9-28/h3-9,14,21-25,29-32H,1-2,10-13,15H2/t21-,22+,23-,24?,25+,26-/m0/s1. The fourth-order valence-electron chi connectivity index (χ4n) is 4.43. The average Bonchev–Trinajstić information content (AvgIpc) is 3.32. The van der Waals surface area contributed by atoms with Crippen molar-refractivity contribution in [3.63, 3.8) is 0 Å². The normalized spacial score (nSPS) is 28.1. The Morgan fingerprint density at radius 1 is 1.08 bits per heavy atom. The Balaban J connectivity index is 1.38.